The summed E-state index contributed by atoms with van der Waals surface area (Å²) in [6.07, 6.45) is 4.93. The monoisotopic (exact) mass is 310 g/mol. The van der Waals surface area contributed by atoms with Crippen molar-refractivity contribution in [2.75, 3.05) is 11.9 Å². The van der Waals surface area contributed by atoms with Gasteiger partial charge in [-0.1, -0.05) is 19.3 Å². The molecule has 1 fully saturated rings. The number of hydrogen-bond acceptors (Lipinski definition) is 5. The van der Waals surface area contributed by atoms with Crippen LogP contribution in [0.2, 0.25) is 0 Å². The lowest BCUT2D eigenvalue weighted by molar-refractivity contribution is -0.120. The number of carbonyl (C=O) groups excluding carboxylic acids is 2. The Bertz CT molecular complexity index is 501. The van der Waals surface area contributed by atoms with Gasteiger partial charge in [-0.25, -0.2) is 4.79 Å². The van der Waals surface area contributed by atoms with Crippen LogP contribution in [0.1, 0.15) is 49.4 Å². The molecule has 1 amide bonds. The molecule has 21 heavy (non-hydrogen) atoms. The second-order valence-corrected chi connectivity index (χ2v) is 6.20. The predicted molar refractivity (Wildman–Crippen MR) is 83.5 cm³/mol. The summed E-state index contributed by atoms with van der Waals surface area (Å²) in [6.45, 7) is 2.07. The number of rotatable bonds is 4. The van der Waals surface area contributed by atoms with Crippen molar-refractivity contribution in [3.05, 3.63) is 17.0 Å². The normalized spacial score (nSPS) is 22.4. The van der Waals surface area contributed by atoms with Gasteiger partial charge in [0.05, 0.1) is 18.1 Å². The van der Waals surface area contributed by atoms with Crippen molar-refractivity contribution in [2.45, 2.75) is 45.1 Å². The number of nitrogens with two attached hydrogens (primary N) is 1. The molecule has 1 aliphatic rings. The Hall–Kier alpha value is -1.40. The van der Waals surface area contributed by atoms with E-state index in [2.05, 4.69) is 5.32 Å². The van der Waals surface area contributed by atoms with Gasteiger partial charge in [0.25, 0.3) is 0 Å². The quantitative estimate of drug-likeness (QED) is 0.662. The number of nitrogens with one attached hydrogen (secondary N) is 1. The lowest BCUT2D eigenvalue weighted by atomic mass is 9.94. The molecule has 2 unspecified atom stereocenters. The van der Waals surface area contributed by atoms with Crippen LogP contribution < -0.4 is 11.1 Å². The molecule has 1 aliphatic carbocycles. The molecule has 0 spiro atoms. The lowest BCUT2D eigenvalue weighted by Gasteiger charge is -2.20. The minimum Gasteiger partial charge on any atom is -0.462 e. The van der Waals surface area contributed by atoms with Crippen LogP contribution in [0.15, 0.2) is 11.4 Å². The molecular formula is C15H22N2O3S. The van der Waals surface area contributed by atoms with E-state index < -0.39 is 5.97 Å². The zero-order chi connectivity index (χ0) is 15.2. The molecular weight excluding hydrogens is 288 g/mol. The van der Waals surface area contributed by atoms with Gasteiger partial charge in [-0.15, -0.1) is 11.3 Å². The minimum atomic E-state index is -0.404. The first kappa shape index (κ1) is 16.0. The average molecular weight is 310 g/mol. The molecule has 1 saturated carbocycles. The van der Waals surface area contributed by atoms with E-state index in [-0.39, 0.29) is 17.9 Å². The number of hydrogen-bond donors (Lipinski definition) is 2. The molecule has 1 aromatic rings. The van der Waals surface area contributed by atoms with Crippen LogP contribution in [-0.2, 0) is 9.53 Å². The van der Waals surface area contributed by atoms with Gasteiger partial charge in [-0.2, -0.15) is 0 Å². The van der Waals surface area contributed by atoms with E-state index in [0.29, 0.717) is 17.2 Å². The predicted octanol–water partition coefficient (Wildman–Crippen LogP) is 2.77. The molecule has 0 aromatic carbocycles. The van der Waals surface area contributed by atoms with Gasteiger partial charge in [-0.3, -0.25) is 4.79 Å². The zero-order valence-electron chi connectivity index (χ0n) is 12.3. The summed E-state index contributed by atoms with van der Waals surface area (Å²) in [5.41, 5.74) is 6.52. The second-order valence-electron chi connectivity index (χ2n) is 5.28. The standard InChI is InChI=1S/C15H22N2O3S/c1-2-20-15(19)11-8-9-21-14(11)17-13(18)10-6-4-3-5-7-12(10)16/h8-10,12H,2-7,16H2,1H3,(H,17,18). The molecule has 1 heterocycles. The molecule has 0 saturated heterocycles. The van der Waals surface area contributed by atoms with E-state index in [1.165, 1.54) is 11.3 Å². The highest BCUT2D eigenvalue weighted by Gasteiger charge is 2.28. The van der Waals surface area contributed by atoms with Crippen molar-refractivity contribution in [2.24, 2.45) is 11.7 Å². The van der Waals surface area contributed by atoms with Gasteiger partial charge >= 0.3 is 5.97 Å². The van der Waals surface area contributed by atoms with Crippen LogP contribution in [0, 0.1) is 5.92 Å². The highest BCUT2D eigenvalue weighted by atomic mass is 32.1. The summed E-state index contributed by atoms with van der Waals surface area (Å²) in [6, 6.07) is 1.57. The Morgan fingerprint density at radius 3 is 2.90 bits per heavy atom. The molecule has 116 valence electrons. The molecule has 2 rings (SSSR count). The number of anilines is 1. The number of esters is 1. The van der Waals surface area contributed by atoms with E-state index >= 15 is 0 Å². The van der Waals surface area contributed by atoms with Crippen molar-refractivity contribution in [1.29, 1.82) is 0 Å². The van der Waals surface area contributed by atoms with E-state index in [1.54, 1.807) is 18.4 Å². The van der Waals surface area contributed by atoms with Gasteiger partial charge in [0.2, 0.25) is 5.91 Å². The van der Waals surface area contributed by atoms with Crippen LogP contribution in [0.4, 0.5) is 5.00 Å². The van der Waals surface area contributed by atoms with E-state index in [0.717, 1.165) is 32.1 Å². The van der Waals surface area contributed by atoms with Crippen LogP contribution in [-0.4, -0.2) is 24.5 Å². The fraction of sp³-hybridized carbons (Fsp3) is 0.600. The molecule has 5 nitrogen and oxygen atoms in total. The first-order valence-corrected chi connectivity index (χ1v) is 8.32. The molecule has 0 aliphatic heterocycles. The molecule has 0 radical (unpaired) electrons. The van der Waals surface area contributed by atoms with E-state index in [1.807, 2.05) is 0 Å². The fourth-order valence-electron chi connectivity index (χ4n) is 2.64. The Morgan fingerprint density at radius 2 is 2.14 bits per heavy atom. The third-order valence-electron chi connectivity index (χ3n) is 3.80. The Labute approximate surface area is 128 Å². The maximum atomic E-state index is 12.4. The van der Waals surface area contributed by atoms with Gasteiger partial charge in [-0.05, 0) is 31.2 Å². The fourth-order valence-corrected chi connectivity index (χ4v) is 3.42. The van der Waals surface area contributed by atoms with Crippen LogP contribution >= 0.6 is 11.3 Å². The molecule has 0 bridgehead atoms. The summed E-state index contributed by atoms with van der Waals surface area (Å²) < 4.78 is 4.99. The number of thiophene rings is 1. The lowest BCUT2D eigenvalue weighted by Crippen LogP contribution is -2.37. The van der Waals surface area contributed by atoms with Crippen LogP contribution in [0.25, 0.3) is 0 Å². The van der Waals surface area contributed by atoms with Crippen molar-refractivity contribution in [3.63, 3.8) is 0 Å². The van der Waals surface area contributed by atoms with Crippen molar-refractivity contribution in [1.82, 2.24) is 0 Å². The first-order valence-electron chi connectivity index (χ1n) is 7.44. The largest absolute Gasteiger partial charge is 0.462 e. The summed E-state index contributed by atoms with van der Waals surface area (Å²) in [4.78, 5) is 24.2. The van der Waals surface area contributed by atoms with E-state index in [9.17, 15) is 9.59 Å². The van der Waals surface area contributed by atoms with Crippen molar-refractivity contribution < 1.29 is 14.3 Å². The molecule has 2 atom stereocenters. The van der Waals surface area contributed by atoms with Crippen molar-refractivity contribution >= 4 is 28.2 Å². The highest BCUT2D eigenvalue weighted by molar-refractivity contribution is 7.14. The molecule has 3 N–H and O–H groups in total. The number of amides is 1. The minimum absolute atomic E-state index is 0.0857. The number of carbonyl (C=O) groups is 2. The second kappa shape index (κ2) is 7.56. The topological polar surface area (TPSA) is 81.4 Å². The Morgan fingerprint density at radius 1 is 1.38 bits per heavy atom. The van der Waals surface area contributed by atoms with Crippen molar-refractivity contribution in [3.8, 4) is 0 Å². The summed E-state index contributed by atoms with van der Waals surface area (Å²) >= 11 is 1.33. The Kier molecular flexibility index (Phi) is 5.76. The molecule has 6 heteroatoms. The van der Waals surface area contributed by atoms with Gasteiger partial charge in [0.1, 0.15) is 5.00 Å². The van der Waals surface area contributed by atoms with Gasteiger partial charge in [0.15, 0.2) is 0 Å². The average Bonchev–Trinajstić information content (AvgIpc) is 2.79. The SMILES string of the molecule is CCOC(=O)c1ccsc1NC(=O)C1CCCCCC1N. The summed E-state index contributed by atoms with van der Waals surface area (Å²) in [7, 11) is 0. The third-order valence-corrected chi connectivity index (χ3v) is 4.63. The maximum Gasteiger partial charge on any atom is 0.341 e. The first-order chi connectivity index (χ1) is 10.1. The maximum absolute atomic E-state index is 12.4. The van der Waals surface area contributed by atoms with Gasteiger partial charge < -0.3 is 15.8 Å². The van der Waals surface area contributed by atoms with E-state index in [4.69, 9.17) is 10.5 Å². The zero-order valence-corrected chi connectivity index (χ0v) is 13.1. The highest BCUT2D eigenvalue weighted by Crippen LogP contribution is 2.27. The third kappa shape index (κ3) is 4.04. The van der Waals surface area contributed by atoms with Crippen LogP contribution in [0.3, 0.4) is 0 Å². The summed E-state index contributed by atoms with van der Waals surface area (Å²) in [5, 5.41) is 5.18. The van der Waals surface area contributed by atoms with Gasteiger partial charge in [0, 0.05) is 6.04 Å². The molecule has 1 aromatic heterocycles. The summed E-state index contributed by atoms with van der Waals surface area (Å²) in [5.74, 6) is -0.666. The number of ether oxygens (including phenoxy) is 1. The Balaban J connectivity index is 2.05. The smallest absolute Gasteiger partial charge is 0.341 e. The van der Waals surface area contributed by atoms with Crippen LogP contribution in [0.5, 0.6) is 0 Å².